The van der Waals surface area contributed by atoms with Crippen molar-refractivity contribution in [3.63, 3.8) is 0 Å². The molecular weight excluding hydrogens is 338 g/mol. The summed E-state index contributed by atoms with van der Waals surface area (Å²) in [7, 11) is 0. The van der Waals surface area contributed by atoms with E-state index in [-0.39, 0.29) is 25.0 Å². The number of thiophene rings is 1. The highest BCUT2D eigenvalue weighted by Gasteiger charge is 2.28. The number of carbonyl (C=O) groups excluding carboxylic acids is 2. The summed E-state index contributed by atoms with van der Waals surface area (Å²) in [5.41, 5.74) is 2.22. The first kappa shape index (κ1) is 15.7. The topological polar surface area (TPSA) is 82.4 Å². The predicted octanol–water partition coefficient (Wildman–Crippen LogP) is 2.47. The van der Waals surface area contributed by atoms with Crippen molar-refractivity contribution in [3.05, 3.63) is 40.3 Å². The number of rotatable bonds is 3. The molecule has 0 radical (unpaired) electrons. The van der Waals surface area contributed by atoms with Gasteiger partial charge < -0.3 is 10.1 Å². The second-order valence-electron chi connectivity index (χ2n) is 5.96. The van der Waals surface area contributed by atoms with Gasteiger partial charge in [-0.1, -0.05) is 12.1 Å². The molecule has 2 aliphatic rings. The molecule has 126 valence electrons. The first-order valence-corrected chi connectivity index (χ1v) is 8.85. The van der Waals surface area contributed by atoms with E-state index in [1.807, 2.05) is 6.07 Å². The Bertz CT molecular complexity index is 913. The second-order valence-corrected chi connectivity index (χ2v) is 7.06. The summed E-state index contributed by atoms with van der Waals surface area (Å²) in [5.74, 6) is 0.00669. The lowest BCUT2D eigenvalue weighted by Gasteiger charge is -2.28. The molecule has 1 N–H and O–H groups in total. The highest BCUT2D eigenvalue weighted by Crippen LogP contribution is 2.38. The molecule has 0 bridgehead atoms. The van der Waals surface area contributed by atoms with E-state index in [0.717, 1.165) is 24.8 Å². The van der Waals surface area contributed by atoms with E-state index in [4.69, 9.17) is 4.74 Å². The van der Waals surface area contributed by atoms with Crippen LogP contribution in [-0.4, -0.2) is 25.0 Å². The fourth-order valence-electron chi connectivity index (χ4n) is 3.25. The van der Waals surface area contributed by atoms with Crippen LogP contribution in [0.5, 0.6) is 5.75 Å². The molecule has 0 spiro atoms. The first-order chi connectivity index (χ1) is 12.2. The summed E-state index contributed by atoms with van der Waals surface area (Å²) in [6.45, 7) is -0.187. The number of carbonyl (C=O) groups is 2. The largest absolute Gasteiger partial charge is 0.482 e. The van der Waals surface area contributed by atoms with Crippen molar-refractivity contribution in [2.75, 3.05) is 23.4 Å². The fraction of sp³-hybridized carbons (Fsp3) is 0.278. The standard InChI is InChI=1S/C18H15N3O3S/c19-8-12-11-4-3-7-15(11)25-18(12)20-16(22)9-21-13-5-1-2-6-14(13)24-10-17(21)23/h1-2,5-6H,3-4,7,9-10H2,(H,20,22). The zero-order chi connectivity index (χ0) is 17.4. The number of hydrogen-bond donors (Lipinski definition) is 1. The van der Waals surface area contributed by atoms with E-state index >= 15 is 0 Å². The molecular formula is C18H15N3O3S. The maximum Gasteiger partial charge on any atom is 0.265 e. The SMILES string of the molecule is N#Cc1c(NC(=O)CN2C(=O)COc3ccccc32)sc2c1CCC2. The molecule has 1 aromatic carbocycles. The molecule has 2 amide bonds. The van der Waals surface area contributed by atoms with Crippen LogP contribution in [0.3, 0.4) is 0 Å². The van der Waals surface area contributed by atoms with Gasteiger partial charge in [-0.3, -0.25) is 14.5 Å². The molecule has 0 saturated carbocycles. The van der Waals surface area contributed by atoms with Crippen molar-refractivity contribution in [1.82, 2.24) is 0 Å². The summed E-state index contributed by atoms with van der Waals surface area (Å²) in [6, 6.07) is 9.34. The Morgan fingerprint density at radius 2 is 2.20 bits per heavy atom. The summed E-state index contributed by atoms with van der Waals surface area (Å²) < 4.78 is 5.38. The molecule has 2 aromatic rings. The second kappa shape index (κ2) is 6.22. The average molecular weight is 353 g/mol. The summed E-state index contributed by atoms with van der Waals surface area (Å²) in [5, 5.41) is 12.8. The normalized spacial score (nSPS) is 15.2. The third kappa shape index (κ3) is 2.75. The third-order valence-electron chi connectivity index (χ3n) is 4.40. The number of anilines is 2. The Labute approximate surface area is 148 Å². The number of amides is 2. The molecule has 1 aromatic heterocycles. The molecule has 0 unspecified atom stereocenters. The quantitative estimate of drug-likeness (QED) is 0.919. The van der Waals surface area contributed by atoms with Crippen molar-refractivity contribution in [3.8, 4) is 11.8 Å². The van der Waals surface area contributed by atoms with Crippen LogP contribution in [0.25, 0.3) is 0 Å². The molecule has 1 aliphatic carbocycles. The van der Waals surface area contributed by atoms with E-state index < -0.39 is 0 Å². The van der Waals surface area contributed by atoms with E-state index in [1.54, 1.807) is 18.2 Å². The van der Waals surface area contributed by atoms with Crippen LogP contribution in [0, 0.1) is 11.3 Å². The van der Waals surface area contributed by atoms with Crippen LogP contribution >= 0.6 is 11.3 Å². The van der Waals surface area contributed by atoms with Crippen molar-refractivity contribution in [2.24, 2.45) is 0 Å². The van der Waals surface area contributed by atoms with Crippen LogP contribution < -0.4 is 15.0 Å². The van der Waals surface area contributed by atoms with E-state index in [2.05, 4.69) is 11.4 Å². The molecule has 0 fully saturated rings. The fourth-order valence-corrected chi connectivity index (χ4v) is 4.50. The smallest absolute Gasteiger partial charge is 0.265 e. The van der Waals surface area contributed by atoms with Gasteiger partial charge in [0.25, 0.3) is 5.91 Å². The minimum atomic E-state index is -0.318. The Balaban J connectivity index is 1.54. The molecule has 0 saturated heterocycles. The Kier molecular flexibility index (Phi) is 3.90. The van der Waals surface area contributed by atoms with Gasteiger partial charge in [-0.15, -0.1) is 11.3 Å². The molecule has 6 nitrogen and oxygen atoms in total. The van der Waals surface area contributed by atoms with Gasteiger partial charge in [0.2, 0.25) is 5.91 Å². The lowest BCUT2D eigenvalue weighted by atomic mass is 10.1. The summed E-state index contributed by atoms with van der Waals surface area (Å²) in [6.07, 6.45) is 2.91. The van der Waals surface area contributed by atoms with Crippen molar-refractivity contribution < 1.29 is 14.3 Å². The molecule has 2 heterocycles. The summed E-state index contributed by atoms with van der Waals surface area (Å²) >= 11 is 1.47. The average Bonchev–Trinajstić information content (AvgIpc) is 3.18. The van der Waals surface area contributed by atoms with Crippen LogP contribution in [-0.2, 0) is 22.4 Å². The lowest BCUT2D eigenvalue weighted by molar-refractivity contribution is -0.123. The number of nitriles is 1. The number of fused-ring (bicyclic) bond motifs is 2. The maximum absolute atomic E-state index is 12.5. The molecule has 1 aliphatic heterocycles. The van der Waals surface area contributed by atoms with E-state index in [1.165, 1.54) is 21.1 Å². The molecule has 4 rings (SSSR count). The van der Waals surface area contributed by atoms with Gasteiger partial charge in [-0.25, -0.2) is 0 Å². The first-order valence-electron chi connectivity index (χ1n) is 8.04. The highest BCUT2D eigenvalue weighted by molar-refractivity contribution is 7.16. The zero-order valence-corrected chi connectivity index (χ0v) is 14.2. The van der Waals surface area contributed by atoms with E-state index in [9.17, 15) is 14.9 Å². The van der Waals surface area contributed by atoms with Crippen LogP contribution in [0.15, 0.2) is 24.3 Å². The van der Waals surface area contributed by atoms with Gasteiger partial charge in [0.1, 0.15) is 23.4 Å². The minimum Gasteiger partial charge on any atom is -0.482 e. The number of ether oxygens (including phenoxy) is 1. The van der Waals surface area contributed by atoms with Gasteiger partial charge >= 0.3 is 0 Å². The number of nitrogens with one attached hydrogen (secondary N) is 1. The monoisotopic (exact) mass is 353 g/mol. The number of aryl methyl sites for hydroxylation is 1. The van der Waals surface area contributed by atoms with Gasteiger partial charge in [-0.2, -0.15) is 5.26 Å². The molecule has 25 heavy (non-hydrogen) atoms. The van der Waals surface area contributed by atoms with Gasteiger partial charge in [0.15, 0.2) is 6.61 Å². The number of nitrogens with zero attached hydrogens (tertiary/aromatic N) is 2. The van der Waals surface area contributed by atoms with Crippen LogP contribution in [0.2, 0.25) is 0 Å². The molecule has 0 atom stereocenters. The van der Waals surface area contributed by atoms with Crippen molar-refractivity contribution >= 4 is 33.8 Å². The van der Waals surface area contributed by atoms with Crippen molar-refractivity contribution in [2.45, 2.75) is 19.3 Å². The predicted molar refractivity (Wildman–Crippen MR) is 94.0 cm³/mol. The number of hydrogen-bond acceptors (Lipinski definition) is 5. The van der Waals surface area contributed by atoms with Crippen LogP contribution in [0.1, 0.15) is 22.4 Å². The van der Waals surface area contributed by atoms with Gasteiger partial charge in [-0.05, 0) is 37.0 Å². The number of benzene rings is 1. The third-order valence-corrected chi connectivity index (χ3v) is 5.60. The zero-order valence-electron chi connectivity index (χ0n) is 13.4. The minimum absolute atomic E-state index is 0.0823. The maximum atomic E-state index is 12.5. The number of para-hydroxylation sites is 2. The van der Waals surface area contributed by atoms with Gasteiger partial charge in [0.05, 0.1) is 11.3 Å². The Morgan fingerprint density at radius 1 is 1.36 bits per heavy atom. The van der Waals surface area contributed by atoms with Gasteiger partial charge in [0, 0.05) is 4.88 Å². The highest BCUT2D eigenvalue weighted by atomic mass is 32.1. The van der Waals surface area contributed by atoms with Crippen LogP contribution in [0.4, 0.5) is 10.7 Å². The summed E-state index contributed by atoms with van der Waals surface area (Å²) in [4.78, 5) is 27.2. The Morgan fingerprint density at radius 3 is 3.04 bits per heavy atom. The lowest BCUT2D eigenvalue weighted by Crippen LogP contribution is -2.43. The Hall–Kier alpha value is -2.85. The van der Waals surface area contributed by atoms with Crippen molar-refractivity contribution in [1.29, 1.82) is 5.26 Å². The van der Waals surface area contributed by atoms with E-state index in [0.29, 0.717) is 22.0 Å². The molecule has 7 heteroatoms.